The van der Waals surface area contributed by atoms with Crippen LogP contribution in [0.15, 0.2) is 0 Å². The minimum Gasteiger partial charge on any atom is -0.444 e. The van der Waals surface area contributed by atoms with Crippen LogP contribution in [-0.2, 0) is 4.74 Å². The molecule has 0 spiro atoms. The summed E-state index contributed by atoms with van der Waals surface area (Å²) < 4.78 is 5.24. The fourth-order valence-corrected chi connectivity index (χ4v) is 1.69. The lowest BCUT2D eigenvalue weighted by Crippen LogP contribution is -2.39. The fourth-order valence-electron chi connectivity index (χ4n) is 1.69. The molecule has 1 saturated heterocycles. The minimum absolute atomic E-state index is 0.324. The largest absolute Gasteiger partial charge is 0.444 e. The standard InChI is InChI=1S/C11H18N2O2.C2H6/c1-8-5-9(6-12)13(7-8)10(14)15-11(2,3)4;1-2/h8-9H,5,7H2,1-4H3;1-2H3. The number of rotatable bonds is 0. The zero-order chi connectivity index (χ0) is 13.6. The van der Waals surface area contributed by atoms with Crippen molar-refractivity contribution in [3.63, 3.8) is 0 Å². The molecule has 4 heteroatoms. The van der Waals surface area contributed by atoms with Gasteiger partial charge in [-0.05, 0) is 33.1 Å². The third-order valence-corrected chi connectivity index (χ3v) is 2.29. The van der Waals surface area contributed by atoms with Crippen LogP contribution in [0.2, 0.25) is 0 Å². The molecule has 17 heavy (non-hydrogen) atoms. The summed E-state index contributed by atoms with van der Waals surface area (Å²) in [4.78, 5) is 13.3. The Kier molecular flexibility index (Phi) is 6.01. The van der Waals surface area contributed by atoms with Crippen LogP contribution in [0.5, 0.6) is 0 Å². The molecule has 0 aromatic carbocycles. The van der Waals surface area contributed by atoms with Gasteiger partial charge < -0.3 is 4.74 Å². The number of ether oxygens (including phenoxy) is 1. The molecule has 0 aromatic rings. The smallest absolute Gasteiger partial charge is 0.411 e. The summed E-state index contributed by atoms with van der Waals surface area (Å²) in [5.74, 6) is 0.377. The van der Waals surface area contributed by atoms with E-state index in [1.165, 1.54) is 4.90 Å². The van der Waals surface area contributed by atoms with E-state index < -0.39 is 5.60 Å². The van der Waals surface area contributed by atoms with Gasteiger partial charge in [-0.3, -0.25) is 4.90 Å². The van der Waals surface area contributed by atoms with Crippen LogP contribution < -0.4 is 0 Å². The Labute approximate surface area is 105 Å². The maximum Gasteiger partial charge on any atom is 0.411 e. The number of hydrogen-bond acceptors (Lipinski definition) is 3. The summed E-state index contributed by atoms with van der Waals surface area (Å²) in [6, 6.07) is 1.81. The predicted molar refractivity (Wildman–Crippen MR) is 67.5 cm³/mol. The van der Waals surface area contributed by atoms with E-state index in [2.05, 4.69) is 6.07 Å². The summed E-state index contributed by atoms with van der Waals surface area (Å²) in [7, 11) is 0. The van der Waals surface area contributed by atoms with E-state index in [1.54, 1.807) is 0 Å². The van der Waals surface area contributed by atoms with Crippen LogP contribution in [0.1, 0.15) is 48.0 Å². The molecule has 0 N–H and O–H groups in total. The van der Waals surface area contributed by atoms with Gasteiger partial charge in [-0.2, -0.15) is 5.26 Å². The van der Waals surface area contributed by atoms with Gasteiger partial charge in [0.05, 0.1) is 6.07 Å². The van der Waals surface area contributed by atoms with Gasteiger partial charge in [0, 0.05) is 6.54 Å². The fraction of sp³-hybridized carbons (Fsp3) is 0.846. The lowest BCUT2D eigenvalue weighted by molar-refractivity contribution is 0.0255. The molecule has 1 aliphatic heterocycles. The van der Waals surface area contributed by atoms with Gasteiger partial charge in [-0.1, -0.05) is 20.8 Å². The molecule has 0 saturated carbocycles. The van der Waals surface area contributed by atoms with Crippen LogP contribution in [0, 0.1) is 17.2 Å². The summed E-state index contributed by atoms with van der Waals surface area (Å²) in [5.41, 5.74) is -0.497. The van der Waals surface area contributed by atoms with Gasteiger partial charge in [0.15, 0.2) is 0 Å². The second-order valence-electron chi connectivity index (χ2n) is 5.12. The lowest BCUT2D eigenvalue weighted by atomic mass is 10.1. The number of nitrogens with zero attached hydrogens (tertiary/aromatic N) is 2. The Morgan fingerprint density at radius 2 is 1.94 bits per heavy atom. The first-order valence-corrected chi connectivity index (χ1v) is 6.22. The number of carbonyl (C=O) groups excluding carboxylic acids is 1. The van der Waals surface area contributed by atoms with Crippen molar-refractivity contribution < 1.29 is 9.53 Å². The van der Waals surface area contributed by atoms with Crippen molar-refractivity contribution >= 4 is 6.09 Å². The summed E-state index contributed by atoms with van der Waals surface area (Å²) >= 11 is 0. The normalized spacial score (nSPS) is 23.5. The van der Waals surface area contributed by atoms with E-state index >= 15 is 0 Å². The highest BCUT2D eigenvalue weighted by atomic mass is 16.6. The van der Waals surface area contributed by atoms with Gasteiger partial charge in [0.25, 0.3) is 0 Å². The second-order valence-corrected chi connectivity index (χ2v) is 5.12. The van der Waals surface area contributed by atoms with Crippen LogP contribution >= 0.6 is 0 Å². The van der Waals surface area contributed by atoms with Crippen molar-refractivity contribution in [3.8, 4) is 6.07 Å². The average molecular weight is 240 g/mol. The molecule has 4 nitrogen and oxygen atoms in total. The highest BCUT2D eigenvalue weighted by Gasteiger charge is 2.35. The molecule has 98 valence electrons. The Hall–Kier alpha value is -1.24. The van der Waals surface area contributed by atoms with Crippen molar-refractivity contribution in [1.82, 2.24) is 4.90 Å². The molecule has 0 radical (unpaired) electrons. The highest BCUT2D eigenvalue weighted by molar-refractivity contribution is 5.69. The van der Waals surface area contributed by atoms with Crippen LogP contribution in [0.3, 0.4) is 0 Å². The Morgan fingerprint density at radius 3 is 2.35 bits per heavy atom. The summed E-state index contributed by atoms with van der Waals surface area (Å²) in [6.45, 7) is 12.1. The average Bonchev–Trinajstić information content (AvgIpc) is 2.60. The zero-order valence-corrected chi connectivity index (χ0v) is 11.8. The molecule has 0 bridgehead atoms. The van der Waals surface area contributed by atoms with Gasteiger partial charge in [-0.15, -0.1) is 0 Å². The Balaban J connectivity index is 0.00000121. The van der Waals surface area contributed by atoms with Gasteiger partial charge >= 0.3 is 6.09 Å². The van der Waals surface area contributed by atoms with E-state index in [0.717, 1.165) is 6.42 Å². The van der Waals surface area contributed by atoms with Gasteiger partial charge in [0.2, 0.25) is 0 Å². The number of nitriles is 1. The van der Waals surface area contributed by atoms with Crippen LogP contribution in [-0.4, -0.2) is 29.2 Å². The van der Waals surface area contributed by atoms with Crippen molar-refractivity contribution in [2.75, 3.05) is 6.54 Å². The zero-order valence-electron chi connectivity index (χ0n) is 11.8. The van der Waals surface area contributed by atoms with Crippen LogP contribution in [0.4, 0.5) is 4.79 Å². The molecule has 1 amide bonds. The van der Waals surface area contributed by atoms with Gasteiger partial charge in [0.1, 0.15) is 11.6 Å². The molecule has 1 fully saturated rings. The minimum atomic E-state index is -0.497. The molecule has 2 atom stereocenters. The topological polar surface area (TPSA) is 53.3 Å². The third-order valence-electron chi connectivity index (χ3n) is 2.29. The van der Waals surface area contributed by atoms with E-state index in [-0.39, 0.29) is 12.1 Å². The lowest BCUT2D eigenvalue weighted by Gasteiger charge is -2.25. The molecular weight excluding hydrogens is 216 g/mol. The summed E-state index contributed by atoms with van der Waals surface area (Å²) in [5, 5.41) is 8.90. The number of likely N-dealkylation sites (tertiary alicyclic amines) is 1. The quantitative estimate of drug-likeness (QED) is 0.653. The third kappa shape index (κ3) is 5.08. The van der Waals surface area contributed by atoms with Gasteiger partial charge in [-0.25, -0.2) is 4.79 Å². The predicted octanol–water partition coefficient (Wildman–Crippen LogP) is 3.18. The van der Waals surface area contributed by atoms with E-state index in [9.17, 15) is 4.79 Å². The molecule has 1 aliphatic rings. The first-order valence-electron chi connectivity index (χ1n) is 6.22. The molecule has 0 aromatic heterocycles. The molecule has 0 aliphatic carbocycles. The Bertz CT molecular complexity index is 289. The highest BCUT2D eigenvalue weighted by Crippen LogP contribution is 2.24. The Morgan fingerprint density at radius 1 is 1.41 bits per heavy atom. The van der Waals surface area contributed by atoms with Crippen molar-refractivity contribution in [2.45, 2.75) is 59.6 Å². The van der Waals surface area contributed by atoms with Crippen LogP contribution in [0.25, 0.3) is 0 Å². The molecule has 2 unspecified atom stereocenters. The number of hydrogen-bond donors (Lipinski definition) is 0. The van der Waals surface area contributed by atoms with E-state index in [0.29, 0.717) is 12.5 Å². The molecule has 1 rings (SSSR count). The van der Waals surface area contributed by atoms with Crippen molar-refractivity contribution in [3.05, 3.63) is 0 Å². The SMILES string of the molecule is CC.CC1CC(C#N)N(C(=O)OC(C)(C)C)C1. The monoisotopic (exact) mass is 240 g/mol. The van der Waals surface area contributed by atoms with E-state index in [1.807, 2.05) is 41.5 Å². The maximum atomic E-state index is 11.7. The first kappa shape index (κ1) is 15.8. The van der Waals surface area contributed by atoms with Crippen molar-refractivity contribution in [2.24, 2.45) is 5.92 Å². The first-order chi connectivity index (χ1) is 7.83. The maximum absolute atomic E-state index is 11.7. The van der Waals surface area contributed by atoms with E-state index in [4.69, 9.17) is 10.00 Å². The summed E-state index contributed by atoms with van der Waals surface area (Å²) in [6.07, 6.45) is 0.369. The molecule has 1 heterocycles. The second kappa shape index (κ2) is 6.48. The number of amides is 1. The molecular formula is C13H24N2O2. The van der Waals surface area contributed by atoms with Crippen molar-refractivity contribution in [1.29, 1.82) is 5.26 Å². The number of carbonyl (C=O) groups is 1.